The number of hydrogen-bond donors (Lipinski definition) is 1. The first kappa shape index (κ1) is 28.2. The van der Waals surface area contributed by atoms with Gasteiger partial charge in [-0.3, -0.25) is 13.9 Å². The van der Waals surface area contributed by atoms with Crippen LogP contribution in [-0.4, -0.2) is 64.2 Å². The van der Waals surface area contributed by atoms with Gasteiger partial charge in [0.2, 0.25) is 21.8 Å². The Kier molecular flexibility index (Phi) is 11.0. The Bertz CT molecular complexity index is 1040. The molecule has 0 aromatic heterocycles. The van der Waals surface area contributed by atoms with E-state index in [-0.39, 0.29) is 24.8 Å². The maximum absolute atomic E-state index is 13.2. The van der Waals surface area contributed by atoms with E-state index >= 15 is 0 Å². The SMILES string of the molecule is CCOc1ccc(N(CCCC(=O)N(CCc2ccccc2)[C@H](CC)C(=O)NC)S(C)(=O)=O)cc1. The standard InChI is InChI=1S/C26H37N3O5S/c1-5-24(26(31)27-3)28(20-18-21-11-8-7-9-12-21)25(30)13-10-19-29(35(4,32)33)22-14-16-23(17-15-22)34-6-2/h7-9,11-12,14-17,24H,5-6,10,13,18-20H2,1-4H3,(H,27,31)/t24-/m1/s1. The van der Waals surface area contributed by atoms with Crippen molar-refractivity contribution in [2.75, 3.05) is 37.3 Å². The van der Waals surface area contributed by atoms with E-state index in [1.807, 2.05) is 44.2 Å². The molecule has 0 aliphatic heterocycles. The minimum absolute atomic E-state index is 0.130. The molecular weight excluding hydrogens is 466 g/mol. The smallest absolute Gasteiger partial charge is 0.242 e. The zero-order valence-corrected chi connectivity index (χ0v) is 21.9. The van der Waals surface area contributed by atoms with Gasteiger partial charge in [-0.15, -0.1) is 0 Å². The summed E-state index contributed by atoms with van der Waals surface area (Å²) in [7, 11) is -1.98. The van der Waals surface area contributed by atoms with Gasteiger partial charge in [0, 0.05) is 26.6 Å². The van der Waals surface area contributed by atoms with E-state index in [1.165, 1.54) is 4.31 Å². The first-order valence-electron chi connectivity index (χ1n) is 12.0. The quantitative estimate of drug-likeness (QED) is 0.427. The highest BCUT2D eigenvalue weighted by Gasteiger charge is 2.27. The molecule has 2 aromatic carbocycles. The zero-order valence-electron chi connectivity index (χ0n) is 21.1. The Morgan fingerprint density at radius 2 is 1.66 bits per heavy atom. The summed E-state index contributed by atoms with van der Waals surface area (Å²) in [6, 6.07) is 16.1. The summed E-state index contributed by atoms with van der Waals surface area (Å²) in [6.07, 6.45) is 2.72. The third-order valence-electron chi connectivity index (χ3n) is 5.70. The summed E-state index contributed by atoms with van der Waals surface area (Å²) in [6.45, 7) is 4.84. The van der Waals surface area contributed by atoms with Crippen molar-refractivity contribution >= 4 is 27.5 Å². The number of nitrogens with one attached hydrogen (secondary N) is 1. The van der Waals surface area contributed by atoms with Crippen molar-refractivity contribution in [3.8, 4) is 5.75 Å². The maximum atomic E-state index is 13.2. The molecule has 0 heterocycles. The van der Waals surface area contributed by atoms with E-state index in [2.05, 4.69) is 5.32 Å². The van der Waals surface area contributed by atoms with E-state index in [0.717, 1.165) is 11.8 Å². The van der Waals surface area contributed by atoms with Gasteiger partial charge in [-0.05, 0) is 56.0 Å². The van der Waals surface area contributed by atoms with Gasteiger partial charge >= 0.3 is 0 Å². The zero-order chi connectivity index (χ0) is 25.8. The molecule has 0 fully saturated rings. The molecule has 0 bridgehead atoms. The highest BCUT2D eigenvalue weighted by atomic mass is 32.2. The second-order valence-electron chi connectivity index (χ2n) is 8.23. The molecule has 1 N–H and O–H groups in total. The second kappa shape index (κ2) is 13.7. The summed E-state index contributed by atoms with van der Waals surface area (Å²) >= 11 is 0. The molecule has 0 radical (unpaired) electrons. The third-order valence-corrected chi connectivity index (χ3v) is 6.90. The van der Waals surface area contributed by atoms with Gasteiger partial charge in [0.05, 0.1) is 18.6 Å². The Morgan fingerprint density at radius 3 is 2.20 bits per heavy atom. The van der Waals surface area contributed by atoms with Crippen LogP contribution in [0.5, 0.6) is 5.75 Å². The highest BCUT2D eigenvalue weighted by molar-refractivity contribution is 7.92. The Morgan fingerprint density at radius 1 is 1.00 bits per heavy atom. The van der Waals surface area contributed by atoms with Gasteiger partial charge in [0.1, 0.15) is 11.8 Å². The van der Waals surface area contributed by atoms with E-state index in [4.69, 9.17) is 4.74 Å². The average molecular weight is 504 g/mol. The first-order chi connectivity index (χ1) is 16.7. The largest absolute Gasteiger partial charge is 0.494 e. The Labute approximate surface area is 209 Å². The Balaban J connectivity index is 2.11. The van der Waals surface area contributed by atoms with Gasteiger partial charge < -0.3 is 15.0 Å². The molecule has 2 rings (SSSR count). The van der Waals surface area contributed by atoms with Gasteiger partial charge in [-0.1, -0.05) is 37.3 Å². The van der Waals surface area contributed by atoms with E-state index < -0.39 is 16.1 Å². The van der Waals surface area contributed by atoms with Crippen LogP contribution in [0.2, 0.25) is 0 Å². The molecular formula is C26H37N3O5S. The van der Waals surface area contributed by atoms with Crippen molar-refractivity contribution in [2.45, 2.75) is 45.6 Å². The maximum Gasteiger partial charge on any atom is 0.242 e. The van der Waals surface area contributed by atoms with Crippen LogP contribution in [0.3, 0.4) is 0 Å². The number of ether oxygens (including phenoxy) is 1. The molecule has 0 aliphatic carbocycles. The molecule has 192 valence electrons. The predicted octanol–water partition coefficient (Wildman–Crippen LogP) is 3.23. The molecule has 2 amide bonds. The van der Waals surface area contributed by atoms with Gasteiger partial charge in [-0.2, -0.15) is 0 Å². The van der Waals surface area contributed by atoms with Crippen LogP contribution in [0.1, 0.15) is 38.7 Å². The minimum atomic E-state index is -3.54. The van der Waals surface area contributed by atoms with Crippen molar-refractivity contribution < 1.29 is 22.7 Å². The van der Waals surface area contributed by atoms with E-state index in [0.29, 0.717) is 43.9 Å². The van der Waals surface area contributed by atoms with Crippen LogP contribution in [0.15, 0.2) is 54.6 Å². The lowest BCUT2D eigenvalue weighted by molar-refractivity contribution is -0.140. The number of sulfonamides is 1. The van der Waals surface area contributed by atoms with Crippen LogP contribution >= 0.6 is 0 Å². The molecule has 0 saturated carbocycles. The van der Waals surface area contributed by atoms with Crippen LogP contribution in [0.25, 0.3) is 0 Å². The lowest BCUT2D eigenvalue weighted by Crippen LogP contribution is -2.49. The fraction of sp³-hybridized carbons (Fsp3) is 0.462. The number of rotatable bonds is 14. The number of likely N-dealkylation sites (N-methyl/N-ethyl adjacent to an activating group) is 1. The Hall–Kier alpha value is -3.07. The summed E-state index contributed by atoms with van der Waals surface area (Å²) in [5.74, 6) is 0.284. The second-order valence-corrected chi connectivity index (χ2v) is 10.1. The fourth-order valence-corrected chi connectivity index (χ4v) is 4.91. The van der Waals surface area contributed by atoms with E-state index in [9.17, 15) is 18.0 Å². The molecule has 0 unspecified atom stereocenters. The average Bonchev–Trinajstić information content (AvgIpc) is 2.84. The van der Waals surface area contributed by atoms with Crippen LogP contribution in [0, 0.1) is 0 Å². The molecule has 0 spiro atoms. The number of anilines is 1. The van der Waals surface area contributed by atoms with Crippen LogP contribution < -0.4 is 14.4 Å². The van der Waals surface area contributed by atoms with Crippen molar-refractivity contribution in [3.63, 3.8) is 0 Å². The summed E-state index contributed by atoms with van der Waals surface area (Å²) in [5.41, 5.74) is 1.59. The van der Waals surface area contributed by atoms with Crippen molar-refractivity contribution in [1.82, 2.24) is 10.2 Å². The first-order valence-corrected chi connectivity index (χ1v) is 13.8. The number of amides is 2. The topological polar surface area (TPSA) is 96.0 Å². The van der Waals surface area contributed by atoms with Crippen molar-refractivity contribution in [1.29, 1.82) is 0 Å². The van der Waals surface area contributed by atoms with Crippen molar-refractivity contribution in [3.05, 3.63) is 60.2 Å². The molecule has 2 aromatic rings. The minimum Gasteiger partial charge on any atom is -0.494 e. The number of carbonyl (C=O) groups is 2. The van der Waals surface area contributed by atoms with Gasteiger partial charge in [0.25, 0.3) is 0 Å². The number of hydrogen-bond acceptors (Lipinski definition) is 5. The summed E-state index contributed by atoms with van der Waals surface area (Å²) < 4.78 is 31.6. The molecule has 35 heavy (non-hydrogen) atoms. The predicted molar refractivity (Wildman–Crippen MR) is 139 cm³/mol. The van der Waals surface area contributed by atoms with Crippen LogP contribution in [-0.2, 0) is 26.0 Å². The number of carbonyl (C=O) groups excluding carboxylic acids is 2. The lowest BCUT2D eigenvalue weighted by Gasteiger charge is -2.30. The lowest BCUT2D eigenvalue weighted by atomic mass is 10.1. The molecule has 0 saturated heterocycles. The summed E-state index contributed by atoms with van der Waals surface area (Å²) in [4.78, 5) is 27.3. The normalized spacial score (nSPS) is 12.0. The highest BCUT2D eigenvalue weighted by Crippen LogP contribution is 2.22. The molecule has 0 aliphatic rings. The molecule has 8 nitrogen and oxygen atoms in total. The van der Waals surface area contributed by atoms with Crippen molar-refractivity contribution in [2.24, 2.45) is 0 Å². The fourth-order valence-electron chi connectivity index (χ4n) is 3.94. The van der Waals surface area contributed by atoms with Gasteiger partial charge in [0.15, 0.2) is 0 Å². The number of nitrogens with zero attached hydrogens (tertiary/aromatic N) is 2. The third kappa shape index (κ3) is 8.58. The monoisotopic (exact) mass is 503 g/mol. The van der Waals surface area contributed by atoms with Gasteiger partial charge in [-0.25, -0.2) is 8.42 Å². The van der Waals surface area contributed by atoms with E-state index in [1.54, 1.807) is 36.2 Å². The molecule has 1 atom stereocenters. The number of benzene rings is 2. The molecule has 9 heteroatoms. The van der Waals surface area contributed by atoms with Crippen LogP contribution in [0.4, 0.5) is 5.69 Å². The summed E-state index contributed by atoms with van der Waals surface area (Å²) in [5, 5.41) is 2.65.